The van der Waals surface area contributed by atoms with E-state index in [1.165, 1.54) is 30.3 Å². The summed E-state index contributed by atoms with van der Waals surface area (Å²) in [5, 5.41) is 0. The topological polar surface area (TPSA) is 20.3 Å². The van der Waals surface area contributed by atoms with Crippen molar-refractivity contribution in [2.45, 2.75) is 6.18 Å². The Morgan fingerprint density at radius 2 is 1.68 bits per heavy atom. The predicted octanol–water partition coefficient (Wildman–Crippen LogP) is 4.71. The third-order valence-corrected chi connectivity index (χ3v) is 2.86. The van der Waals surface area contributed by atoms with Crippen LogP contribution in [-0.2, 0) is 4.79 Å². The van der Waals surface area contributed by atoms with E-state index in [1.54, 1.807) is 30.3 Å². The molecular weight excluding hydrogens is 291 g/mol. The van der Waals surface area contributed by atoms with Crippen molar-refractivity contribution in [3.8, 4) is 0 Å². The van der Waals surface area contributed by atoms with Crippen molar-refractivity contribution in [1.82, 2.24) is 0 Å². The second kappa shape index (κ2) is 6.33. The van der Waals surface area contributed by atoms with E-state index in [9.17, 15) is 18.0 Å². The van der Waals surface area contributed by atoms with E-state index in [1.807, 2.05) is 0 Å². The lowest BCUT2D eigenvalue weighted by molar-refractivity contribution is -0.169. The van der Waals surface area contributed by atoms with Gasteiger partial charge in [-0.15, -0.1) is 5.73 Å². The molecule has 0 unspecified atom stereocenters. The molecule has 22 heavy (non-hydrogen) atoms. The van der Waals surface area contributed by atoms with Crippen molar-refractivity contribution in [3.63, 3.8) is 0 Å². The molecular formula is C17H12F3NO. The zero-order valence-corrected chi connectivity index (χ0v) is 11.5. The van der Waals surface area contributed by atoms with Crippen LogP contribution < -0.4 is 4.90 Å². The van der Waals surface area contributed by atoms with Gasteiger partial charge in [-0.05, 0) is 35.9 Å². The molecule has 5 heteroatoms. The molecule has 0 N–H and O–H groups in total. The molecule has 2 rings (SSSR count). The van der Waals surface area contributed by atoms with Gasteiger partial charge in [0.05, 0.1) is 0 Å². The van der Waals surface area contributed by atoms with Gasteiger partial charge in [0, 0.05) is 11.4 Å². The van der Waals surface area contributed by atoms with Gasteiger partial charge < -0.3 is 0 Å². The van der Waals surface area contributed by atoms with Crippen molar-refractivity contribution in [3.05, 3.63) is 72.5 Å². The standard InChI is InChI=1S/C17H12F3NO/c1-2-7-13-8-6-11-15(12-13)21(16(22)17(18,19)20)14-9-4-3-5-10-14/h3-12H,1H2. The Morgan fingerprint density at radius 3 is 2.27 bits per heavy atom. The first kappa shape index (κ1) is 15.6. The molecule has 1 amide bonds. The number of rotatable bonds is 3. The Bertz CT molecular complexity index is 716. The molecule has 0 aliphatic carbocycles. The third-order valence-electron chi connectivity index (χ3n) is 2.86. The lowest BCUT2D eigenvalue weighted by Gasteiger charge is -2.24. The first-order valence-electron chi connectivity index (χ1n) is 6.35. The molecule has 0 atom stereocenters. The number of anilines is 2. The highest BCUT2D eigenvalue weighted by Gasteiger charge is 2.43. The number of benzene rings is 2. The molecule has 0 aromatic heterocycles. The Balaban J connectivity index is 2.56. The van der Waals surface area contributed by atoms with Gasteiger partial charge in [0.2, 0.25) is 0 Å². The summed E-state index contributed by atoms with van der Waals surface area (Å²) in [6.07, 6.45) is -3.45. The second-order valence-corrected chi connectivity index (χ2v) is 4.42. The Morgan fingerprint density at radius 1 is 1.05 bits per heavy atom. The molecule has 0 saturated carbocycles. The molecule has 0 radical (unpaired) electrons. The smallest absolute Gasteiger partial charge is 0.273 e. The molecule has 2 nitrogen and oxygen atoms in total. The number of carbonyl (C=O) groups is 1. The maximum atomic E-state index is 12.9. The molecule has 2 aromatic rings. The summed E-state index contributed by atoms with van der Waals surface area (Å²) in [4.78, 5) is 12.4. The van der Waals surface area contributed by atoms with Gasteiger partial charge in [-0.2, -0.15) is 13.2 Å². The SMILES string of the molecule is C=C=Cc1cccc(N(C(=O)C(F)(F)F)c2ccccc2)c1. The summed E-state index contributed by atoms with van der Waals surface area (Å²) in [7, 11) is 0. The highest BCUT2D eigenvalue weighted by Crippen LogP contribution is 2.31. The van der Waals surface area contributed by atoms with E-state index in [4.69, 9.17) is 0 Å². The van der Waals surface area contributed by atoms with Crippen LogP contribution in [0.15, 0.2) is 66.9 Å². The fourth-order valence-corrected chi connectivity index (χ4v) is 1.96. The summed E-state index contributed by atoms with van der Waals surface area (Å²) < 4.78 is 38.7. The predicted molar refractivity (Wildman–Crippen MR) is 79.7 cm³/mol. The van der Waals surface area contributed by atoms with E-state index in [-0.39, 0.29) is 11.4 Å². The van der Waals surface area contributed by atoms with Crippen molar-refractivity contribution >= 4 is 23.4 Å². The van der Waals surface area contributed by atoms with Gasteiger partial charge in [0.25, 0.3) is 0 Å². The maximum absolute atomic E-state index is 12.9. The minimum atomic E-state index is -4.97. The monoisotopic (exact) mass is 303 g/mol. The van der Waals surface area contributed by atoms with Crippen LogP contribution in [0.4, 0.5) is 24.5 Å². The van der Waals surface area contributed by atoms with Crippen LogP contribution in [0.1, 0.15) is 5.56 Å². The highest BCUT2D eigenvalue weighted by atomic mass is 19.4. The van der Waals surface area contributed by atoms with E-state index >= 15 is 0 Å². The van der Waals surface area contributed by atoms with E-state index < -0.39 is 12.1 Å². The first-order chi connectivity index (χ1) is 10.4. The van der Waals surface area contributed by atoms with E-state index in [0.717, 1.165) is 0 Å². The molecule has 0 spiro atoms. The van der Waals surface area contributed by atoms with Crippen molar-refractivity contribution in [1.29, 1.82) is 0 Å². The number of carbonyl (C=O) groups excluding carboxylic acids is 1. The molecule has 0 aliphatic rings. The van der Waals surface area contributed by atoms with Gasteiger partial charge >= 0.3 is 12.1 Å². The van der Waals surface area contributed by atoms with Gasteiger partial charge in [-0.3, -0.25) is 9.69 Å². The van der Waals surface area contributed by atoms with Crippen LogP contribution in [0, 0.1) is 0 Å². The Hall–Kier alpha value is -2.78. The molecule has 0 bridgehead atoms. The van der Waals surface area contributed by atoms with Crippen LogP contribution >= 0.6 is 0 Å². The average Bonchev–Trinajstić information content (AvgIpc) is 2.48. The number of alkyl halides is 3. The highest BCUT2D eigenvalue weighted by molar-refractivity contribution is 6.03. The van der Waals surface area contributed by atoms with E-state index in [2.05, 4.69) is 12.3 Å². The zero-order valence-electron chi connectivity index (χ0n) is 11.5. The fourth-order valence-electron chi connectivity index (χ4n) is 1.96. The number of para-hydroxylation sites is 1. The van der Waals surface area contributed by atoms with E-state index in [0.29, 0.717) is 10.5 Å². The van der Waals surface area contributed by atoms with Crippen LogP contribution in [0.25, 0.3) is 6.08 Å². The van der Waals surface area contributed by atoms with Crippen LogP contribution in [0.5, 0.6) is 0 Å². The summed E-state index contributed by atoms with van der Waals surface area (Å²) in [5.41, 5.74) is 3.41. The fraction of sp³-hybridized carbons (Fsp3) is 0.0588. The number of amides is 1. The van der Waals surface area contributed by atoms with Crippen molar-refractivity contribution in [2.24, 2.45) is 0 Å². The maximum Gasteiger partial charge on any atom is 0.472 e. The summed E-state index contributed by atoms with van der Waals surface area (Å²) in [6, 6.07) is 13.8. The minimum Gasteiger partial charge on any atom is -0.273 e. The van der Waals surface area contributed by atoms with Crippen LogP contribution in [-0.4, -0.2) is 12.1 Å². The summed E-state index contributed by atoms with van der Waals surface area (Å²) in [5.74, 6) is -1.95. The largest absolute Gasteiger partial charge is 0.472 e. The first-order valence-corrected chi connectivity index (χ1v) is 6.35. The van der Waals surface area contributed by atoms with Crippen molar-refractivity contribution in [2.75, 3.05) is 4.90 Å². The number of nitrogens with zero attached hydrogens (tertiary/aromatic N) is 1. The van der Waals surface area contributed by atoms with Crippen LogP contribution in [0.3, 0.4) is 0 Å². The number of hydrogen-bond donors (Lipinski definition) is 0. The van der Waals surface area contributed by atoms with Crippen LogP contribution in [0.2, 0.25) is 0 Å². The normalized spacial score (nSPS) is 10.7. The van der Waals surface area contributed by atoms with Gasteiger partial charge in [0.1, 0.15) is 0 Å². The molecule has 2 aromatic carbocycles. The average molecular weight is 303 g/mol. The number of halogens is 3. The van der Waals surface area contributed by atoms with Crippen molar-refractivity contribution < 1.29 is 18.0 Å². The molecule has 0 saturated heterocycles. The van der Waals surface area contributed by atoms with Gasteiger partial charge in [-0.25, -0.2) is 0 Å². The lowest BCUT2D eigenvalue weighted by atomic mass is 10.1. The number of hydrogen-bond acceptors (Lipinski definition) is 1. The van der Waals surface area contributed by atoms with Gasteiger partial charge in [0.15, 0.2) is 0 Å². The zero-order chi connectivity index (χ0) is 16.2. The minimum absolute atomic E-state index is 0.123. The molecule has 0 aliphatic heterocycles. The second-order valence-electron chi connectivity index (χ2n) is 4.42. The molecule has 0 heterocycles. The quantitative estimate of drug-likeness (QED) is 0.752. The molecule has 112 valence electrons. The molecule has 0 fully saturated rings. The van der Waals surface area contributed by atoms with Gasteiger partial charge in [-0.1, -0.05) is 36.9 Å². The Kier molecular flexibility index (Phi) is 4.49. The third kappa shape index (κ3) is 3.45. The summed E-state index contributed by atoms with van der Waals surface area (Å²) in [6.45, 7) is 3.42. The summed E-state index contributed by atoms with van der Waals surface area (Å²) >= 11 is 0. The Labute approximate surface area is 125 Å². The lowest BCUT2D eigenvalue weighted by Crippen LogP contribution is -2.38.